The van der Waals surface area contributed by atoms with Crippen LogP contribution in [0.3, 0.4) is 0 Å². The molecule has 0 saturated carbocycles. The Labute approximate surface area is 180 Å². The standard InChI is InChI=1S/C22H26N4O5/c1-15-9-11-25(12-10-15)20-8-7-18(26(29)30)13-19(20)21(27)23-14-16-3-5-17(6-4-16)24-22(28)31-2/h3-8,13,15H,9-12,14H2,1-2H3,(H,23,27)(H,24,28). The van der Waals surface area contributed by atoms with Crippen molar-refractivity contribution in [2.24, 2.45) is 5.92 Å². The van der Waals surface area contributed by atoms with Crippen LogP contribution in [0.5, 0.6) is 0 Å². The highest BCUT2D eigenvalue weighted by Gasteiger charge is 2.23. The lowest BCUT2D eigenvalue weighted by atomic mass is 9.98. The van der Waals surface area contributed by atoms with E-state index in [9.17, 15) is 19.7 Å². The largest absolute Gasteiger partial charge is 0.453 e. The van der Waals surface area contributed by atoms with Gasteiger partial charge in [-0.2, -0.15) is 0 Å². The number of nitrogens with one attached hydrogen (secondary N) is 2. The van der Waals surface area contributed by atoms with Crippen molar-refractivity contribution < 1.29 is 19.2 Å². The summed E-state index contributed by atoms with van der Waals surface area (Å²) < 4.78 is 4.55. The number of nitro benzene ring substituents is 1. The Morgan fingerprint density at radius 2 is 1.84 bits per heavy atom. The zero-order valence-corrected chi connectivity index (χ0v) is 17.6. The summed E-state index contributed by atoms with van der Waals surface area (Å²) in [5.41, 5.74) is 2.29. The van der Waals surface area contributed by atoms with Gasteiger partial charge < -0.3 is 15.0 Å². The van der Waals surface area contributed by atoms with Gasteiger partial charge in [-0.25, -0.2) is 4.79 Å². The number of non-ortho nitro benzene ring substituents is 1. The second-order valence-corrected chi connectivity index (χ2v) is 7.62. The van der Waals surface area contributed by atoms with Crippen molar-refractivity contribution >= 4 is 29.1 Å². The van der Waals surface area contributed by atoms with Crippen molar-refractivity contribution in [3.63, 3.8) is 0 Å². The smallest absolute Gasteiger partial charge is 0.411 e. The number of benzene rings is 2. The highest BCUT2D eigenvalue weighted by Crippen LogP contribution is 2.29. The minimum Gasteiger partial charge on any atom is -0.453 e. The molecule has 1 aliphatic rings. The van der Waals surface area contributed by atoms with Gasteiger partial charge in [0.15, 0.2) is 0 Å². The monoisotopic (exact) mass is 426 g/mol. The Morgan fingerprint density at radius 3 is 2.45 bits per heavy atom. The average molecular weight is 426 g/mol. The van der Waals surface area contributed by atoms with E-state index in [-0.39, 0.29) is 18.1 Å². The summed E-state index contributed by atoms with van der Waals surface area (Å²) in [6.45, 7) is 4.07. The fourth-order valence-electron chi connectivity index (χ4n) is 3.50. The van der Waals surface area contributed by atoms with Gasteiger partial charge in [-0.3, -0.25) is 20.2 Å². The maximum absolute atomic E-state index is 12.9. The van der Waals surface area contributed by atoms with Crippen LogP contribution in [0.1, 0.15) is 35.7 Å². The first-order valence-electron chi connectivity index (χ1n) is 10.1. The zero-order valence-electron chi connectivity index (χ0n) is 17.6. The fraction of sp³-hybridized carbons (Fsp3) is 0.364. The number of carbonyl (C=O) groups is 2. The molecule has 1 aliphatic heterocycles. The van der Waals surface area contributed by atoms with Crippen LogP contribution in [0.2, 0.25) is 0 Å². The van der Waals surface area contributed by atoms with Crippen LogP contribution in [0.25, 0.3) is 0 Å². The van der Waals surface area contributed by atoms with E-state index in [2.05, 4.69) is 27.2 Å². The molecule has 0 radical (unpaired) electrons. The molecular formula is C22H26N4O5. The lowest BCUT2D eigenvalue weighted by molar-refractivity contribution is -0.384. The molecule has 2 aromatic rings. The minimum atomic E-state index is -0.564. The second kappa shape index (κ2) is 9.92. The number of carbonyl (C=O) groups excluding carboxylic acids is 2. The molecule has 9 nitrogen and oxygen atoms in total. The summed E-state index contributed by atoms with van der Waals surface area (Å²) in [6, 6.07) is 11.4. The van der Waals surface area contributed by atoms with Gasteiger partial charge in [-0.05, 0) is 42.5 Å². The number of methoxy groups -OCH3 is 1. The molecule has 9 heteroatoms. The summed E-state index contributed by atoms with van der Waals surface area (Å²) >= 11 is 0. The van der Waals surface area contributed by atoms with Crippen LogP contribution >= 0.6 is 0 Å². The predicted molar refractivity (Wildman–Crippen MR) is 117 cm³/mol. The summed E-state index contributed by atoms with van der Waals surface area (Å²) in [6.07, 6.45) is 1.47. The Bertz CT molecular complexity index is 953. The quantitative estimate of drug-likeness (QED) is 0.534. The van der Waals surface area contributed by atoms with Crippen molar-refractivity contribution in [2.75, 3.05) is 30.4 Å². The number of anilines is 2. The van der Waals surface area contributed by atoms with Crippen LogP contribution in [-0.4, -0.2) is 37.1 Å². The summed E-state index contributed by atoms with van der Waals surface area (Å²) in [4.78, 5) is 37.0. The number of ether oxygens (including phenoxy) is 1. The van der Waals surface area contributed by atoms with Crippen LogP contribution in [0.4, 0.5) is 21.9 Å². The number of nitro groups is 1. The van der Waals surface area contributed by atoms with Gasteiger partial charge in [0.25, 0.3) is 11.6 Å². The van der Waals surface area contributed by atoms with E-state index in [1.807, 2.05) is 0 Å². The Balaban J connectivity index is 1.73. The molecule has 31 heavy (non-hydrogen) atoms. The zero-order chi connectivity index (χ0) is 22.4. The van der Waals surface area contributed by atoms with E-state index in [1.165, 1.54) is 19.2 Å². The van der Waals surface area contributed by atoms with Gasteiger partial charge in [0.2, 0.25) is 0 Å². The Morgan fingerprint density at radius 1 is 1.16 bits per heavy atom. The van der Waals surface area contributed by atoms with E-state index in [4.69, 9.17) is 0 Å². The SMILES string of the molecule is COC(=O)Nc1ccc(CNC(=O)c2cc([N+](=O)[O-])ccc2N2CCC(C)CC2)cc1. The van der Waals surface area contributed by atoms with Gasteiger partial charge in [0, 0.05) is 37.5 Å². The first-order valence-corrected chi connectivity index (χ1v) is 10.1. The van der Waals surface area contributed by atoms with Crippen LogP contribution < -0.4 is 15.5 Å². The fourth-order valence-corrected chi connectivity index (χ4v) is 3.50. The molecule has 0 spiro atoms. The lowest BCUT2D eigenvalue weighted by Gasteiger charge is -2.33. The van der Waals surface area contributed by atoms with Crippen molar-refractivity contribution in [1.29, 1.82) is 0 Å². The molecule has 164 valence electrons. The predicted octanol–water partition coefficient (Wildman–Crippen LogP) is 3.94. The molecule has 2 amide bonds. The van der Waals surface area contributed by atoms with E-state index in [0.717, 1.165) is 31.5 Å². The number of hydrogen-bond donors (Lipinski definition) is 2. The topological polar surface area (TPSA) is 114 Å². The first-order chi connectivity index (χ1) is 14.9. The molecule has 0 bridgehead atoms. The normalized spacial score (nSPS) is 14.1. The van der Waals surface area contributed by atoms with Crippen molar-refractivity contribution in [1.82, 2.24) is 5.32 Å². The molecule has 2 aromatic carbocycles. The third-order valence-electron chi connectivity index (χ3n) is 5.40. The van der Waals surface area contributed by atoms with Gasteiger partial charge in [-0.1, -0.05) is 19.1 Å². The van der Waals surface area contributed by atoms with Gasteiger partial charge in [0.05, 0.1) is 23.3 Å². The second-order valence-electron chi connectivity index (χ2n) is 7.62. The minimum absolute atomic E-state index is 0.113. The van der Waals surface area contributed by atoms with E-state index in [0.29, 0.717) is 22.9 Å². The molecular weight excluding hydrogens is 400 g/mol. The van der Waals surface area contributed by atoms with Crippen LogP contribution in [0, 0.1) is 16.0 Å². The lowest BCUT2D eigenvalue weighted by Crippen LogP contribution is -2.35. The van der Waals surface area contributed by atoms with E-state index < -0.39 is 11.0 Å². The van der Waals surface area contributed by atoms with Crippen molar-refractivity contribution in [3.05, 3.63) is 63.7 Å². The average Bonchev–Trinajstić information content (AvgIpc) is 2.78. The molecule has 0 atom stereocenters. The maximum Gasteiger partial charge on any atom is 0.411 e. The number of hydrogen-bond acceptors (Lipinski definition) is 6. The van der Waals surface area contributed by atoms with Gasteiger partial charge in [-0.15, -0.1) is 0 Å². The highest BCUT2D eigenvalue weighted by atomic mass is 16.6. The molecule has 1 heterocycles. The van der Waals surface area contributed by atoms with Crippen molar-refractivity contribution in [2.45, 2.75) is 26.3 Å². The van der Waals surface area contributed by atoms with Crippen molar-refractivity contribution in [3.8, 4) is 0 Å². The number of amides is 2. The van der Waals surface area contributed by atoms with E-state index >= 15 is 0 Å². The number of rotatable bonds is 6. The Hall–Kier alpha value is -3.62. The number of piperidine rings is 1. The van der Waals surface area contributed by atoms with Gasteiger partial charge in [0.1, 0.15) is 0 Å². The third-order valence-corrected chi connectivity index (χ3v) is 5.40. The molecule has 3 rings (SSSR count). The molecule has 0 unspecified atom stereocenters. The Kier molecular flexibility index (Phi) is 7.07. The third kappa shape index (κ3) is 5.71. The highest BCUT2D eigenvalue weighted by molar-refractivity contribution is 6.00. The molecule has 0 aromatic heterocycles. The molecule has 1 fully saturated rings. The summed E-state index contributed by atoms with van der Waals surface area (Å²) in [7, 11) is 1.28. The molecule has 0 aliphatic carbocycles. The maximum atomic E-state index is 12.9. The molecule has 1 saturated heterocycles. The van der Waals surface area contributed by atoms with Crippen LogP contribution in [0.15, 0.2) is 42.5 Å². The molecule has 2 N–H and O–H groups in total. The first kappa shape index (κ1) is 22.1. The summed E-state index contributed by atoms with van der Waals surface area (Å²) in [5.74, 6) is 0.261. The van der Waals surface area contributed by atoms with E-state index in [1.54, 1.807) is 30.3 Å². The number of nitrogens with zero attached hydrogens (tertiary/aromatic N) is 2. The van der Waals surface area contributed by atoms with Gasteiger partial charge >= 0.3 is 6.09 Å². The van der Waals surface area contributed by atoms with Crippen LogP contribution in [-0.2, 0) is 11.3 Å². The summed E-state index contributed by atoms with van der Waals surface area (Å²) in [5, 5.41) is 16.6.